The summed E-state index contributed by atoms with van der Waals surface area (Å²) in [7, 11) is 1.74. The average molecular weight is 513 g/mol. The molecule has 1 aliphatic heterocycles. The number of amides is 1. The fourth-order valence-electron chi connectivity index (χ4n) is 3.05. The summed E-state index contributed by atoms with van der Waals surface area (Å²) in [5.41, 5.74) is 0.939. The number of guanidine groups is 1. The predicted molar refractivity (Wildman–Crippen MR) is 120 cm³/mol. The van der Waals surface area contributed by atoms with Gasteiger partial charge in [0.2, 0.25) is 5.91 Å². The molecule has 146 valence electrons. The highest BCUT2D eigenvalue weighted by Crippen LogP contribution is 2.30. The molecule has 1 heterocycles. The maximum Gasteiger partial charge on any atom is 0.222 e. The third-order valence-electron chi connectivity index (χ3n) is 4.48. The molecule has 2 unspecified atom stereocenters. The smallest absolute Gasteiger partial charge is 0.222 e. The van der Waals surface area contributed by atoms with E-state index in [0.717, 1.165) is 31.0 Å². The lowest BCUT2D eigenvalue weighted by Gasteiger charge is -2.21. The molecule has 1 fully saturated rings. The molecule has 0 aromatic heterocycles. The van der Waals surface area contributed by atoms with Crippen LogP contribution in [-0.4, -0.2) is 49.5 Å². The summed E-state index contributed by atoms with van der Waals surface area (Å²) < 4.78 is 0. The fraction of sp³-hybridized carbons (Fsp3) is 0.556. The largest absolute Gasteiger partial charge is 0.356 e. The fourth-order valence-corrected chi connectivity index (χ4v) is 3.82. The van der Waals surface area contributed by atoms with Crippen molar-refractivity contribution in [1.29, 1.82) is 0 Å². The van der Waals surface area contributed by atoms with Gasteiger partial charge in [-0.1, -0.05) is 43.1 Å². The Kier molecular flexibility index (Phi) is 10.0. The van der Waals surface area contributed by atoms with Gasteiger partial charge in [0, 0.05) is 55.1 Å². The number of likely N-dealkylation sites (tertiary alicyclic amines) is 1. The Bertz CT molecular complexity index is 621. The Hall–Kier alpha value is -0.730. The van der Waals surface area contributed by atoms with Crippen molar-refractivity contribution < 1.29 is 4.79 Å². The molecule has 0 saturated carbocycles. The topological polar surface area (TPSA) is 56.7 Å². The minimum Gasteiger partial charge on any atom is -0.356 e. The molecule has 0 aliphatic carbocycles. The molecule has 8 heteroatoms. The van der Waals surface area contributed by atoms with E-state index in [1.807, 2.05) is 30.0 Å². The van der Waals surface area contributed by atoms with Gasteiger partial charge in [-0.2, -0.15) is 0 Å². The normalized spacial score (nSPS) is 18.3. The molecule has 0 radical (unpaired) electrons. The number of nitrogens with one attached hydrogen (secondary N) is 2. The van der Waals surface area contributed by atoms with Crippen LogP contribution in [0.25, 0.3) is 0 Å². The third kappa shape index (κ3) is 6.16. The Labute approximate surface area is 182 Å². The Morgan fingerprint density at radius 3 is 2.62 bits per heavy atom. The second kappa shape index (κ2) is 11.2. The first-order valence-electron chi connectivity index (χ1n) is 8.65. The highest BCUT2D eigenvalue weighted by molar-refractivity contribution is 14.0. The van der Waals surface area contributed by atoms with Crippen molar-refractivity contribution in [2.75, 3.05) is 26.7 Å². The number of aliphatic imine (C=N–C) groups is 1. The van der Waals surface area contributed by atoms with Crippen LogP contribution in [0, 0.1) is 0 Å². The molecule has 5 nitrogen and oxygen atoms in total. The van der Waals surface area contributed by atoms with Crippen LogP contribution in [0.5, 0.6) is 0 Å². The van der Waals surface area contributed by atoms with Gasteiger partial charge in [0.25, 0.3) is 0 Å². The van der Waals surface area contributed by atoms with Gasteiger partial charge in [0.1, 0.15) is 0 Å². The zero-order valence-electron chi connectivity index (χ0n) is 15.4. The van der Waals surface area contributed by atoms with Gasteiger partial charge in [-0.15, -0.1) is 24.0 Å². The van der Waals surface area contributed by atoms with Gasteiger partial charge >= 0.3 is 0 Å². The SMILES string of the molecule is CCC(=O)N1CCC(NC(=NC)NCC(C)c2c(Cl)cccc2Cl)C1.I. The van der Waals surface area contributed by atoms with E-state index >= 15 is 0 Å². The molecular weight excluding hydrogens is 486 g/mol. The molecule has 2 rings (SSSR count). The van der Waals surface area contributed by atoms with Crippen molar-refractivity contribution in [2.45, 2.75) is 38.6 Å². The second-order valence-corrected chi connectivity index (χ2v) is 7.13. The number of hydrogen-bond acceptors (Lipinski definition) is 2. The molecular formula is C18H27Cl2IN4O. The third-order valence-corrected chi connectivity index (χ3v) is 5.14. The van der Waals surface area contributed by atoms with Gasteiger partial charge in [0.15, 0.2) is 5.96 Å². The summed E-state index contributed by atoms with van der Waals surface area (Å²) >= 11 is 12.5. The van der Waals surface area contributed by atoms with Gasteiger partial charge in [-0.3, -0.25) is 9.79 Å². The first-order valence-corrected chi connectivity index (χ1v) is 9.40. The summed E-state index contributed by atoms with van der Waals surface area (Å²) in [5, 5.41) is 8.07. The average Bonchev–Trinajstić information content (AvgIpc) is 3.06. The van der Waals surface area contributed by atoms with Crippen molar-refractivity contribution in [3.05, 3.63) is 33.8 Å². The van der Waals surface area contributed by atoms with Crippen molar-refractivity contribution in [2.24, 2.45) is 4.99 Å². The lowest BCUT2D eigenvalue weighted by Crippen LogP contribution is -2.45. The second-order valence-electron chi connectivity index (χ2n) is 6.31. The van der Waals surface area contributed by atoms with Crippen LogP contribution in [0.1, 0.15) is 38.2 Å². The molecule has 1 saturated heterocycles. The van der Waals surface area contributed by atoms with Gasteiger partial charge in [-0.05, 0) is 24.1 Å². The zero-order valence-corrected chi connectivity index (χ0v) is 19.2. The number of carbonyl (C=O) groups excluding carboxylic acids is 1. The number of hydrogen-bond donors (Lipinski definition) is 2. The van der Waals surface area contributed by atoms with Crippen LogP contribution in [0.2, 0.25) is 10.0 Å². The first-order chi connectivity index (χ1) is 12.0. The standard InChI is InChI=1S/C18H26Cl2N4O.HI/c1-4-16(25)24-9-8-13(11-24)23-18(21-3)22-10-12(2)17-14(19)6-5-7-15(17)20;/h5-7,12-13H,4,8-11H2,1-3H3,(H2,21,22,23);1H. The van der Waals surface area contributed by atoms with Gasteiger partial charge < -0.3 is 15.5 Å². The molecule has 1 aromatic carbocycles. The molecule has 0 bridgehead atoms. The van der Waals surface area contributed by atoms with Crippen molar-refractivity contribution >= 4 is 59.0 Å². The van der Waals surface area contributed by atoms with Crippen molar-refractivity contribution in [3.63, 3.8) is 0 Å². The van der Waals surface area contributed by atoms with E-state index in [1.54, 1.807) is 7.05 Å². The molecule has 0 spiro atoms. The predicted octanol–water partition coefficient (Wildman–Crippen LogP) is 3.89. The van der Waals surface area contributed by atoms with E-state index < -0.39 is 0 Å². The number of nitrogens with zero attached hydrogens (tertiary/aromatic N) is 2. The van der Waals surface area contributed by atoms with Crippen molar-refractivity contribution in [1.82, 2.24) is 15.5 Å². The van der Waals surface area contributed by atoms with Crippen molar-refractivity contribution in [3.8, 4) is 0 Å². The zero-order chi connectivity index (χ0) is 18.4. The van der Waals surface area contributed by atoms with E-state index in [1.165, 1.54) is 0 Å². The number of rotatable bonds is 5. The van der Waals surface area contributed by atoms with Crippen LogP contribution in [0.4, 0.5) is 0 Å². The van der Waals surface area contributed by atoms with Crippen LogP contribution >= 0.6 is 47.2 Å². The Morgan fingerprint density at radius 2 is 2.04 bits per heavy atom. The maximum atomic E-state index is 11.8. The highest BCUT2D eigenvalue weighted by Gasteiger charge is 2.26. The van der Waals surface area contributed by atoms with Gasteiger partial charge in [-0.25, -0.2) is 0 Å². The van der Waals surface area contributed by atoms with Crippen LogP contribution in [0.15, 0.2) is 23.2 Å². The lowest BCUT2D eigenvalue weighted by molar-refractivity contribution is -0.129. The summed E-state index contributed by atoms with van der Waals surface area (Å²) in [6, 6.07) is 5.77. The molecule has 2 atom stereocenters. The lowest BCUT2D eigenvalue weighted by atomic mass is 10.0. The molecule has 1 aliphatic rings. The van der Waals surface area contributed by atoms with E-state index in [4.69, 9.17) is 23.2 Å². The Morgan fingerprint density at radius 1 is 1.38 bits per heavy atom. The quantitative estimate of drug-likeness (QED) is 0.357. The van der Waals surface area contributed by atoms with E-state index in [2.05, 4.69) is 22.5 Å². The molecule has 2 N–H and O–H groups in total. The van der Waals surface area contributed by atoms with E-state index in [9.17, 15) is 4.79 Å². The first kappa shape index (κ1) is 23.3. The van der Waals surface area contributed by atoms with E-state index in [0.29, 0.717) is 23.0 Å². The highest BCUT2D eigenvalue weighted by atomic mass is 127. The monoisotopic (exact) mass is 512 g/mol. The number of carbonyl (C=O) groups is 1. The molecule has 1 aromatic rings. The minimum absolute atomic E-state index is 0. The van der Waals surface area contributed by atoms with Crippen LogP contribution in [0.3, 0.4) is 0 Å². The summed E-state index contributed by atoms with van der Waals surface area (Å²) in [5.74, 6) is 1.07. The minimum atomic E-state index is 0. The Balaban J connectivity index is 0.00000338. The molecule has 1 amide bonds. The summed E-state index contributed by atoms with van der Waals surface area (Å²) in [4.78, 5) is 18.0. The maximum absolute atomic E-state index is 11.8. The van der Waals surface area contributed by atoms with E-state index in [-0.39, 0.29) is 41.8 Å². The van der Waals surface area contributed by atoms with Crippen LogP contribution in [-0.2, 0) is 4.79 Å². The van der Waals surface area contributed by atoms with Crippen LogP contribution < -0.4 is 10.6 Å². The number of benzene rings is 1. The number of halogens is 3. The summed E-state index contributed by atoms with van der Waals surface area (Å²) in [6.45, 7) is 6.15. The molecule has 26 heavy (non-hydrogen) atoms. The summed E-state index contributed by atoms with van der Waals surface area (Å²) in [6.07, 6.45) is 1.48. The van der Waals surface area contributed by atoms with Gasteiger partial charge in [0.05, 0.1) is 0 Å².